The molecular formula is C20H42O2. The van der Waals surface area contributed by atoms with E-state index in [4.69, 9.17) is 9.47 Å². The van der Waals surface area contributed by atoms with E-state index >= 15 is 0 Å². The molecule has 134 valence electrons. The summed E-state index contributed by atoms with van der Waals surface area (Å²) in [6.07, 6.45) is 8.83. The molecule has 2 nitrogen and oxygen atoms in total. The van der Waals surface area contributed by atoms with Crippen LogP contribution < -0.4 is 0 Å². The van der Waals surface area contributed by atoms with E-state index in [2.05, 4.69) is 13.8 Å². The van der Waals surface area contributed by atoms with Gasteiger partial charge in [-0.25, -0.2) is 0 Å². The van der Waals surface area contributed by atoms with Crippen LogP contribution in [0.3, 0.4) is 0 Å². The van der Waals surface area contributed by atoms with Crippen molar-refractivity contribution in [1.29, 1.82) is 0 Å². The van der Waals surface area contributed by atoms with Crippen LogP contribution in [0.2, 0.25) is 0 Å². The van der Waals surface area contributed by atoms with Gasteiger partial charge in [-0.15, -0.1) is 0 Å². The first-order chi connectivity index (χ1) is 10.8. The number of rotatable bonds is 4. The molecule has 0 saturated heterocycles. The molecule has 0 heterocycles. The minimum Gasteiger partial charge on any atom is -0.381 e. The fourth-order valence-corrected chi connectivity index (χ4v) is 4.90. The Balaban J connectivity index is 0.00000102. The van der Waals surface area contributed by atoms with Gasteiger partial charge in [0, 0.05) is 14.2 Å². The summed E-state index contributed by atoms with van der Waals surface area (Å²) in [6, 6.07) is 0. The van der Waals surface area contributed by atoms with Gasteiger partial charge in [-0.2, -0.15) is 0 Å². The van der Waals surface area contributed by atoms with Crippen molar-refractivity contribution in [3.8, 4) is 0 Å². The Morgan fingerprint density at radius 3 is 1.23 bits per heavy atom. The third-order valence-electron chi connectivity index (χ3n) is 5.60. The van der Waals surface area contributed by atoms with Gasteiger partial charge >= 0.3 is 0 Å². The van der Waals surface area contributed by atoms with Crippen molar-refractivity contribution in [1.82, 2.24) is 0 Å². The van der Waals surface area contributed by atoms with E-state index in [9.17, 15) is 0 Å². The Morgan fingerprint density at radius 2 is 1.00 bits per heavy atom. The molecule has 2 fully saturated rings. The zero-order valence-corrected chi connectivity index (χ0v) is 16.5. The number of hydrogen-bond donors (Lipinski definition) is 0. The second-order valence-corrected chi connectivity index (χ2v) is 6.16. The van der Waals surface area contributed by atoms with Crippen LogP contribution in [0.5, 0.6) is 0 Å². The number of hydrogen-bond acceptors (Lipinski definition) is 2. The van der Waals surface area contributed by atoms with E-state index in [1.807, 2.05) is 41.9 Å². The van der Waals surface area contributed by atoms with Crippen LogP contribution in [0.4, 0.5) is 0 Å². The lowest BCUT2D eigenvalue weighted by Crippen LogP contribution is -2.54. The summed E-state index contributed by atoms with van der Waals surface area (Å²) in [7, 11) is 3.83. The fraction of sp³-hybridized carbons (Fsp3) is 1.00. The smallest absolute Gasteiger partial charge is 0.0634 e. The summed E-state index contributed by atoms with van der Waals surface area (Å²) < 4.78 is 11.9. The lowest BCUT2D eigenvalue weighted by Gasteiger charge is -2.52. The van der Waals surface area contributed by atoms with Crippen LogP contribution in [0.15, 0.2) is 0 Å². The third-order valence-corrected chi connectivity index (χ3v) is 5.60. The molecule has 0 aromatic carbocycles. The zero-order chi connectivity index (χ0) is 17.1. The minimum absolute atomic E-state index is 0.469. The van der Waals surface area contributed by atoms with Gasteiger partial charge in [-0.1, -0.05) is 67.2 Å². The second kappa shape index (κ2) is 12.4. The van der Waals surface area contributed by atoms with Crippen molar-refractivity contribution in [2.45, 2.75) is 92.3 Å². The molecule has 0 radical (unpaired) electrons. The third kappa shape index (κ3) is 4.71. The van der Waals surface area contributed by atoms with Crippen molar-refractivity contribution < 1.29 is 9.47 Å². The van der Waals surface area contributed by atoms with Gasteiger partial charge in [-0.3, -0.25) is 0 Å². The molecule has 2 rings (SSSR count). The molecule has 6 atom stereocenters. The maximum absolute atomic E-state index is 5.93. The van der Waals surface area contributed by atoms with Crippen LogP contribution in [-0.4, -0.2) is 26.4 Å². The SMILES string of the molecule is CC.CC.CCC1C(CC)C(OC)C2CCCCC2C1OC. The quantitative estimate of drug-likeness (QED) is 0.639. The van der Waals surface area contributed by atoms with Gasteiger partial charge in [0.1, 0.15) is 0 Å². The molecule has 22 heavy (non-hydrogen) atoms. The van der Waals surface area contributed by atoms with Gasteiger partial charge in [0.05, 0.1) is 12.2 Å². The Bertz CT molecular complexity index is 195. The summed E-state index contributed by atoms with van der Waals surface area (Å²) in [5.41, 5.74) is 0. The normalized spacial score (nSPS) is 37.1. The average Bonchev–Trinajstić information content (AvgIpc) is 2.62. The van der Waals surface area contributed by atoms with Crippen LogP contribution >= 0.6 is 0 Å². The summed E-state index contributed by atoms with van der Waals surface area (Å²) in [6.45, 7) is 12.6. The van der Waals surface area contributed by atoms with Crippen molar-refractivity contribution in [3.05, 3.63) is 0 Å². The molecule has 0 aromatic heterocycles. The van der Waals surface area contributed by atoms with Crippen molar-refractivity contribution in [3.63, 3.8) is 0 Å². The molecule has 0 aromatic rings. The molecule has 0 aliphatic heterocycles. The Morgan fingerprint density at radius 1 is 0.682 bits per heavy atom. The van der Waals surface area contributed by atoms with Crippen molar-refractivity contribution >= 4 is 0 Å². The molecule has 0 spiro atoms. The van der Waals surface area contributed by atoms with Crippen LogP contribution in [-0.2, 0) is 9.47 Å². The van der Waals surface area contributed by atoms with Crippen LogP contribution in [0.1, 0.15) is 80.1 Å². The van der Waals surface area contributed by atoms with Crippen LogP contribution in [0.25, 0.3) is 0 Å². The van der Waals surface area contributed by atoms with Crippen LogP contribution in [0, 0.1) is 23.7 Å². The molecule has 0 bridgehead atoms. The largest absolute Gasteiger partial charge is 0.381 e. The number of ether oxygens (including phenoxy) is 2. The number of fused-ring (bicyclic) bond motifs is 1. The first-order valence-electron chi connectivity index (χ1n) is 9.84. The monoisotopic (exact) mass is 314 g/mol. The van der Waals surface area contributed by atoms with Gasteiger partial charge in [0.25, 0.3) is 0 Å². The summed E-state index contributed by atoms with van der Waals surface area (Å²) in [5, 5.41) is 0. The highest BCUT2D eigenvalue weighted by Crippen LogP contribution is 2.49. The Labute approximate surface area is 140 Å². The van der Waals surface area contributed by atoms with Gasteiger partial charge < -0.3 is 9.47 Å². The van der Waals surface area contributed by atoms with E-state index in [0.717, 1.165) is 11.8 Å². The molecule has 2 heteroatoms. The molecule has 2 aliphatic carbocycles. The first kappa shape index (κ1) is 21.9. The van der Waals surface area contributed by atoms with Gasteiger partial charge in [0.15, 0.2) is 0 Å². The highest BCUT2D eigenvalue weighted by Gasteiger charge is 2.49. The summed E-state index contributed by atoms with van der Waals surface area (Å²) >= 11 is 0. The molecular weight excluding hydrogens is 272 g/mol. The minimum atomic E-state index is 0.469. The molecule has 2 aliphatic rings. The van der Waals surface area contributed by atoms with E-state index in [0.29, 0.717) is 24.0 Å². The van der Waals surface area contributed by atoms with Crippen molar-refractivity contribution in [2.24, 2.45) is 23.7 Å². The lowest BCUT2D eigenvalue weighted by molar-refractivity contribution is -0.155. The molecule has 2 saturated carbocycles. The zero-order valence-electron chi connectivity index (χ0n) is 16.5. The summed E-state index contributed by atoms with van der Waals surface area (Å²) in [5.74, 6) is 2.84. The number of methoxy groups -OCH3 is 2. The highest BCUT2D eigenvalue weighted by molar-refractivity contribution is 4.99. The van der Waals surface area contributed by atoms with E-state index in [1.54, 1.807) is 0 Å². The average molecular weight is 315 g/mol. The van der Waals surface area contributed by atoms with E-state index in [1.165, 1.54) is 38.5 Å². The second-order valence-electron chi connectivity index (χ2n) is 6.16. The van der Waals surface area contributed by atoms with Crippen molar-refractivity contribution in [2.75, 3.05) is 14.2 Å². The highest BCUT2D eigenvalue weighted by atomic mass is 16.5. The maximum Gasteiger partial charge on any atom is 0.0634 e. The summed E-state index contributed by atoms with van der Waals surface area (Å²) in [4.78, 5) is 0. The maximum atomic E-state index is 5.93. The molecule has 0 N–H and O–H groups in total. The van der Waals surface area contributed by atoms with Gasteiger partial charge in [0.2, 0.25) is 0 Å². The first-order valence-corrected chi connectivity index (χ1v) is 9.84. The topological polar surface area (TPSA) is 18.5 Å². The molecule has 0 amide bonds. The Hall–Kier alpha value is -0.0800. The van der Waals surface area contributed by atoms with E-state index in [-0.39, 0.29) is 0 Å². The Kier molecular flexibility index (Phi) is 12.3. The fourth-order valence-electron chi connectivity index (χ4n) is 4.90. The standard InChI is InChI=1S/C16H30O2.2C2H6/c1-5-11-12(6-2)16(18-4)14-10-8-7-9-13(14)15(11)17-3;2*1-2/h11-16H,5-10H2,1-4H3;2*1-2H3. The van der Waals surface area contributed by atoms with E-state index < -0.39 is 0 Å². The lowest BCUT2D eigenvalue weighted by atomic mass is 9.59. The molecule has 6 unspecified atom stereocenters. The van der Waals surface area contributed by atoms with Gasteiger partial charge in [-0.05, 0) is 36.5 Å². The predicted molar refractivity (Wildman–Crippen MR) is 97.3 cm³/mol. The predicted octanol–water partition coefficient (Wildman–Crippen LogP) is 5.94.